The van der Waals surface area contributed by atoms with Crippen LogP contribution in [0.4, 0.5) is 18.9 Å². The van der Waals surface area contributed by atoms with Gasteiger partial charge in [0.15, 0.2) is 28.6 Å². The molecular weight excluding hydrogens is 784 g/mol. The number of H-pyrrole nitrogens is 1. The number of ether oxygens (including phenoxy) is 2. The molecule has 0 aliphatic carbocycles. The Morgan fingerprint density at radius 1 is 0.867 bits per heavy atom. The zero-order valence-corrected chi connectivity index (χ0v) is 32.7. The molecule has 0 spiro atoms. The van der Waals surface area contributed by atoms with Gasteiger partial charge in [-0.25, -0.2) is 15.0 Å². The van der Waals surface area contributed by atoms with Crippen molar-refractivity contribution in [3.8, 4) is 57.3 Å². The molecule has 5 N–H and O–H groups in total. The van der Waals surface area contributed by atoms with Crippen molar-refractivity contribution in [3.63, 3.8) is 0 Å². The lowest BCUT2D eigenvalue weighted by Crippen LogP contribution is -2.48. The largest absolute Gasteiger partial charge is 0.504 e. The molecule has 3 aromatic heterocycles. The van der Waals surface area contributed by atoms with Crippen LogP contribution in [-0.2, 0) is 19.1 Å². The number of hydrogen-bond donors (Lipinski definition) is 5. The topological polar surface area (TPSA) is 182 Å². The number of aromatic hydroxyl groups is 4. The number of alkyl halides is 3. The number of fused-ring (bicyclic) bond motifs is 2. The highest BCUT2D eigenvalue weighted by Crippen LogP contribution is 2.50. The maximum atomic E-state index is 14.5. The molecule has 0 atom stereocenters. The van der Waals surface area contributed by atoms with Crippen LogP contribution in [0.3, 0.4) is 0 Å². The first-order valence-electron chi connectivity index (χ1n) is 19.1. The Balaban J connectivity index is 1.22. The maximum absolute atomic E-state index is 14.5. The first-order valence-corrected chi connectivity index (χ1v) is 19.1. The molecule has 14 nitrogen and oxygen atoms in total. The highest BCUT2D eigenvalue weighted by atomic mass is 19.4. The standard InChI is InChI=1S/C43H40F3N7O7/c1-23(2)60-33-20-26(19-31(54)36(33)55)40-49-29-10-7-12-47-41(29)53(40)13-11-25-18-27(51-14-16-52(17-15-51)42(58)24-8-5-4-6-9-24)21-30-35(25)50-39(48-30)28-22-32(59-3)37(56)38(57)34(28)43(44,45)46/h4-10,12,18-23,54-57H,11,13-17H2,1-3H3,(H,48,50). The number of aromatic nitrogens is 5. The number of anilines is 1. The number of phenolic OH excluding ortho intramolecular Hbond substituents is 4. The normalized spacial score (nSPS) is 13.4. The van der Waals surface area contributed by atoms with E-state index < -0.39 is 40.3 Å². The number of carbonyl (C=O) groups excluding carboxylic acids is 1. The number of hydrogen-bond acceptors (Lipinski definition) is 11. The van der Waals surface area contributed by atoms with Crippen LogP contribution in [0.25, 0.3) is 45.0 Å². The Labute approximate surface area is 340 Å². The van der Waals surface area contributed by atoms with Crippen molar-refractivity contribution in [1.29, 1.82) is 0 Å². The van der Waals surface area contributed by atoms with Crippen molar-refractivity contribution in [3.05, 3.63) is 95.7 Å². The number of amides is 1. The second kappa shape index (κ2) is 15.5. The van der Waals surface area contributed by atoms with E-state index in [1.54, 1.807) is 61.3 Å². The summed E-state index contributed by atoms with van der Waals surface area (Å²) in [5.74, 6) is -3.49. The lowest BCUT2D eigenvalue weighted by molar-refractivity contribution is -0.138. The van der Waals surface area contributed by atoms with Gasteiger partial charge in [0.1, 0.15) is 22.7 Å². The summed E-state index contributed by atoms with van der Waals surface area (Å²) in [4.78, 5) is 34.2. The van der Waals surface area contributed by atoms with Crippen molar-refractivity contribution < 1.29 is 47.9 Å². The van der Waals surface area contributed by atoms with Crippen LogP contribution in [-0.4, -0.2) is 95.1 Å². The Bertz CT molecular complexity index is 2740. The number of benzene rings is 4. The number of methoxy groups -OCH3 is 1. The summed E-state index contributed by atoms with van der Waals surface area (Å²) < 4.78 is 56.3. The highest BCUT2D eigenvalue weighted by molar-refractivity contribution is 5.94. The molecule has 0 radical (unpaired) electrons. The Morgan fingerprint density at radius 3 is 2.32 bits per heavy atom. The van der Waals surface area contributed by atoms with E-state index in [-0.39, 0.29) is 42.3 Å². The van der Waals surface area contributed by atoms with E-state index in [4.69, 9.17) is 14.5 Å². The molecule has 8 rings (SSSR count). The van der Waals surface area contributed by atoms with Crippen molar-refractivity contribution >= 4 is 33.8 Å². The molecule has 0 unspecified atom stereocenters. The van der Waals surface area contributed by atoms with E-state index in [1.807, 2.05) is 28.8 Å². The number of nitrogens with one attached hydrogen (secondary N) is 1. The van der Waals surface area contributed by atoms with Gasteiger partial charge in [0.2, 0.25) is 11.5 Å². The van der Waals surface area contributed by atoms with Crippen molar-refractivity contribution in [2.75, 3.05) is 38.2 Å². The van der Waals surface area contributed by atoms with Gasteiger partial charge in [0.05, 0.1) is 24.2 Å². The fraction of sp³-hybridized carbons (Fsp3) is 0.256. The summed E-state index contributed by atoms with van der Waals surface area (Å²) in [7, 11) is 1.16. The number of halogens is 3. The van der Waals surface area contributed by atoms with E-state index >= 15 is 0 Å². The number of nitrogens with zero attached hydrogens (tertiary/aromatic N) is 6. The summed E-state index contributed by atoms with van der Waals surface area (Å²) in [6.45, 7) is 5.58. The summed E-state index contributed by atoms with van der Waals surface area (Å²) in [6.07, 6.45) is -3.51. The lowest BCUT2D eigenvalue weighted by Gasteiger charge is -2.36. The second-order valence-electron chi connectivity index (χ2n) is 14.6. The number of imidazole rings is 2. The highest BCUT2D eigenvalue weighted by Gasteiger charge is 2.40. The number of aryl methyl sites for hydroxylation is 2. The molecule has 60 heavy (non-hydrogen) atoms. The third kappa shape index (κ3) is 7.37. The van der Waals surface area contributed by atoms with Crippen LogP contribution >= 0.6 is 0 Å². The van der Waals surface area contributed by atoms with Crippen molar-refractivity contribution in [2.24, 2.45) is 0 Å². The van der Waals surface area contributed by atoms with Crippen LogP contribution < -0.4 is 14.4 Å². The predicted octanol–water partition coefficient (Wildman–Crippen LogP) is 7.48. The molecular formula is C43H40F3N7O7. The van der Waals surface area contributed by atoms with Gasteiger partial charge >= 0.3 is 6.18 Å². The molecule has 17 heteroatoms. The summed E-state index contributed by atoms with van der Waals surface area (Å²) in [6, 6.07) is 20.1. The van der Waals surface area contributed by atoms with Gasteiger partial charge in [-0.1, -0.05) is 18.2 Å². The van der Waals surface area contributed by atoms with E-state index in [2.05, 4.69) is 19.9 Å². The summed E-state index contributed by atoms with van der Waals surface area (Å²) >= 11 is 0. The molecule has 7 aromatic rings. The Kier molecular flexibility index (Phi) is 10.3. The zero-order valence-electron chi connectivity index (χ0n) is 32.7. The van der Waals surface area contributed by atoms with Crippen LogP contribution in [0.2, 0.25) is 0 Å². The van der Waals surface area contributed by atoms with Crippen molar-refractivity contribution in [1.82, 2.24) is 29.4 Å². The average molecular weight is 824 g/mol. The zero-order chi connectivity index (χ0) is 42.5. The molecule has 1 aliphatic rings. The van der Waals surface area contributed by atoms with Gasteiger partial charge in [-0.3, -0.25) is 4.79 Å². The quantitative estimate of drug-likeness (QED) is 0.0863. The van der Waals surface area contributed by atoms with Crippen LogP contribution in [0.1, 0.15) is 35.3 Å². The molecule has 1 fully saturated rings. The summed E-state index contributed by atoms with van der Waals surface area (Å²) in [5.41, 5.74) is 2.19. The van der Waals surface area contributed by atoms with Gasteiger partial charge in [-0.2, -0.15) is 13.2 Å². The van der Waals surface area contributed by atoms with Gasteiger partial charge in [-0.05, 0) is 80.4 Å². The van der Waals surface area contributed by atoms with Crippen LogP contribution in [0.15, 0.2) is 79.0 Å². The molecule has 1 saturated heterocycles. The minimum atomic E-state index is -5.08. The molecule has 4 heterocycles. The van der Waals surface area contributed by atoms with Gasteiger partial charge in [0, 0.05) is 61.3 Å². The summed E-state index contributed by atoms with van der Waals surface area (Å²) in [5, 5.41) is 42.2. The monoisotopic (exact) mass is 823 g/mol. The number of rotatable bonds is 10. The van der Waals surface area contributed by atoms with Crippen molar-refractivity contribution in [2.45, 2.75) is 39.1 Å². The maximum Gasteiger partial charge on any atom is 0.420 e. The minimum absolute atomic E-state index is 0.0617. The Hall–Kier alpha value is -7.17. The third-order valence-corrected chi connectivity index (χ3v) is 10.4. The second-order valence-corrected chi connectivity index (χ2v) is 14.6. The molecule has 310 valence electrons. The molecule has 0 bridgehead atoms. The molecule has 4 aromatic carbocycles. The van der Waals surface area contributed by atoms with Crippen LogP contribution in [0, 0.1) is 0 Å². The number of phenols is 4. The fourth-order valence-corrected chi connectivity index (χ4v) is 7.56. The SMILES string of the molecule is COc1cc(-c2nc3cc(N4CCN(C(=O)c5ccccc5)CC4)cc(CCn4c(-c5cc(O)c(O)c(OC(C)C)c5)nc5cccnc54)c3[nH]2)c(C(F)(F)F)c(O)c1O. The van der Waals surface area contributed by atoms with E-state index in [0.29, 0.717) is 70.9 Å². The smallest absolute Gasteiger partial charge is 0.420 e. The van der Waals surface area contributed by atoms with Gasteiger partial charge < -0.3 is 49.3 Å². The molecule has 0 saturated carbocycles. The van der Waals surface area contributed by atoms with Crippen LogP contribution in [0.5, 0.6) is 34.5 Å². The first kappa shape index (κ1) is 39.6. The number of pyridine rings is 1. The van der Waals surface area contributed by atoms with Gasteiger partial charge in [0.25, 0.3) is 5.91 Å². The first-order chi connectivity index (χ1) is 28.7. The predicted molar refractivity (Wildman–Crippen MR) is 217 cm³/mol. The van der Waals surface area contributed by atoms with E-state index in [9.17, 15) is 38.4 Å². The Morgan fingerprint density at radius 2 is 1.62 bits per heavy atom. The third-order valence-electron chi connectivity index (χ3n) is 10.4. The van der Waals surface area contributed by atoms with E-state index in [1.165, 1.54) is 6.07 Å². The number of carbonyl (C=O) groups is 1. The average Bonchev–Trinajstić information content (AvgIpc) is 3.84. The van der Waals surface area contributed by atoms with E-state index in [0.717, 1.165) is 18.9 Å². The number of aromatic amines is 1. The molecule has 1 aliphatic heterocycles. The minimum Gasteiger partial charge on any atom is -0.504 e. The van der Waals surface area contributed by atoms with Gasteiger partial charge in [-0.15, -0.1) is 0 Å². The lowest BCUT2D eigenvalue weighted by atomic mass is 10.0. The fourth-order valence-electron chi connectivity index (χ4n) is 7.56. The molecule has 1 amide bonds. The number of piperazine rings is 1.